The van der Waals surface area contributed by atoms with E-state index < -0.39 is 0 Å². The third-order valence-electron chi connectivity index (χ3n) is 11.1. The second-order valence-corrected chi connectivity index (χ2v) is 13.9. The van der Waals surface area contributed by atoms with E-state index in [4.69, 9.17) is 0 Å². The van der Waals surface area contributed by atoms with Crippen LogP contribution in [0.5, 0.6) is 0 Å². The number of nitrogens with one attached hydrogen (secondary N) is 2. The van der Waals surface area contributed by atoms with Crippen LogP contribution in [0.2, 0.25) is 0 Å². The smallest absolute Gasteiger partial charge is 0.322 e. The number of likely N-dealkylation sites (tertiary alicyclic amines) is 1. The van der Waals surface area contributed by atoms with Gasteiger partial charge in [-0.15, -0.1) is 0 Å². The molecule has 0 spiro atoms. The Morgan fingerprint density at radius 3 is 2.26 bits per heavy atom. The van der Waals surface area contributed by atoms with E-state index in [0.717, 1.165) is 88.2 Å². The highest BCUT2D eigenvalue weighted by atomic mass is 16.2. The molecule has 9 heteroatoms. The van der Waals surface area contributed by atoms with Crippen LogP contribution in [0.15, 0.2) is 42.5 Å². The highest BCUT2D eigenvalue weighted by molar-refractivity contribution is 5.91. The van der Waals surface area contributed by atoms with E-state index in [0.29, 0.717) is 32.1 Å². The maximum atomic E-state index is 14.2. The van der Waals surface area contributed by atoms with Crippen molar-refractivity contribution in [1.82, 2.24) is 24.9 Å². The predicted octanol–water partition coefficient (Wildman–Crippen LogP) is 4.34. The van der Waals surface area contributed by atoms with E-state index in [1.54, 1.807) is 0 Å². The molecule has 254 valence electrons. The minimum Gasteiger partial charge on any atom is -0.343 e. The topological polar surface area (TPSA) is 88.2 Å². The summed E-state index contributed by atoms with van der Waals surface area (Å²) in [7, 11) is 0. The molecule has 6 rings (SSSR count). The van der Waals surface area contributed by atoms with Crippen LogP contribution in [-0.2, 0) is 35.3 Å². The fraction of sp³-hybridized carbons (Fsp3) is 0.605. The second kappa shape index (κ2) is 15.6. The molecule has 2 aromatic rings. The molecule has 2 N–H and O–H groups in total. The van der Waals surface area contributed by atoms with Gasteiger partial charge in [-0.1, -0.05) is 50.2 Å². The largest absolute Gasteiger partial charge is 0.343 e. The van der Waals surface area contributed by atoms with E-state index in [1.807, 2.05) is 32.9 Å². The summed E-state index contributed by atoms with van der Waals surface area (Å²) < 4.78 is 0. The number of hydrogen-bond donors (Lipinski definition) is 2. The molecule has 2 aromatic carbocycles. The number of piperazine rings is 1. The SMILES string of the molecule is CCc1ccc(C[C@@H](CC(=O)N2CCC(N3CCc4ccccc4NC3=O)CC2)C(=O)N2CCN(C3CCNCC3)CC2)cc1CC. The Kier molecular flexibility index (Phi) is 11.1. The standard InChI is InChI=1S/C38H54N6O3/c1-3-29-10-9-28(25-30(29)4-2)26-32(37(46)43-23-21-41(22-24-43)33-11-16-39-17-12-33)27-36(45)42-18-14-34(15-19-42)44-20-13-31-7-5-6-8-35(31)40-38(44)47/h5-10,25,32-34,39H,3-4,11-24,26-27H2,1-2H3,(H,40,47)/t32-/m0/s1. The molecule has 0 radical (unpaired) electrons. The van der Waals surface area contributed by atoms with Gasteiger partial charge in [0.15, 0.2) is 0 Å². The molecular formula is C38H54N6O3. The zero-order valence-corrected chi connectivity index (χ0v) is 28.5. The number of carbonyl (C=O) groups excluding carboxylic acids is 3. The number of piperidine rings is 2. The number of aryl methyl sites for hydroxylation is 2. The number of nitrogens with zero attached hydrogens (tertiary/aromatic N) is 4. The van der Waals surface area contributed by atoms with E-state index in [-0.39, 0.29) is 36.2 Å². The second-order valence-electron chi connectivity index (χ2n) is 13.9. The van der Waals surface area contributed by atoms with Gasteiger partial charge in [0.25, 0.3) is 0 Å². The Labute approximate surface area is 281 Å². The number of anilines is 1. The molecule has 4 aliphatic rings. The minimum atomic E-state index is -0.377. The summed E-state index contributed by atoms with van der Waals surface area (Å²) in [6.45, 7) is 11.7. The third-order valence-corrected chi connectivity index (χ3v) is 11.1. The first-order chi connectivity index (χ1) is 22.9. The van der Waals surface area contributed by atoms with Crippen LogP contribution in [0.25, 0.3) is 0 Å². The number of carbonyl (C=O) groups is 3. The van der Waals surface area contributed by atoms with Crippen LogP contribution >= 0.6 is 0 Å². The number of rotatable bonds is 9. The van der Waals surface area contributed by atoms with Crippen LogP contribution in [0.4, 0.5) is 10.5 Å². The van der Waals surface area contributed by atoms with E-state index in [9.17, 15) is 14.4 Å². The Morgan fingerprint density at radius 2 is 1.53 bits per heavy atom. The molecule has 0 saturated carbocycles. The van der Waals surface area contributed by atoms with Gasteiger partial charge >= 0.3 is 6.03 Å². The molecule has 0 aromatic heterocycles. The summed E-state index contributed by atoms with van der Waals surface area (Å²) in [4.78, 5) is 49.7. The normalized spacial score (nSPS) is 20.8. The van der Waals surface area contributed by atoms with Crippen molar-refractivity contribution in [3.8, 4) is 0 Å². The van der Waals surface area contributed by atoms with Crippen molar-refractivity contribution in [1.29, 1.82) is 0 Å². The summed E-state index contributed by atoms with van der Waals surface area (Å²) in [5.41, 5.74) is 5.89. The van der Waals surface area contributed by atoms with Crippen molar-refractivity contribution in [2.75, 3.05) is 64.2 Å². The lowest BCUT2D eigenvalue weighted by molar-refractivity contribution is -0.143. The van der Waals surface area contributed by atoms with Gasteiger partial charge in [-0.25, -0.2) is 4.79 Å². The lowest BCUT2D eigenvalue weighted by Crippen LogP contribution is -2.55. The quantitative estimate of drug-likeness (QED) is 0.425. The van der Waals surface area contributed by atoms with Crippen molar-refractivity contribution in [3.05, 3.63) is 64.7 Å². The van der Waals surface area contributed by atoms with Crippen molar-refractivity contribution in [2.45, 2.75) is 83.7 Å². The van der Waals surface area contributed by atoms with Gasteiger partial charge in [0, 0.05) is 70.0 Å². The Bertz CT molecular complexity index is 1390. The Balaban J connectivity index is 1.09. The molecule has 47 heavy (non-hydrogen) atoms. The fourth-order valence-electron chi connectivity index (χ4n) is 8.25. The van der Waals surface area contributed by atoms with Gasteiger partial charge in [-0.3, -0.25) is 14.5 Å². The summed E-state index contributed by atoms with van der Waals surface area (Å²) in [6.07, 6.45) is 7.45. The molecule has 4 heterocycles. The van der Waals surface area contributed by atoms with Gasteiger partial charge in [0.2, 0.25) is 11.8 Å². The first kappa shape index (κ1) is 33.5. The van der Waals surface area contributed by atoms with Crippen molar-refractivity contribution in [2.24, 2.45) is 5.92 Å². The number of urea groups is 1. The van der Waals surface area contributed by atoms with Gasteiger partial charge in [-0.05, 0) is 92.8 Å². The molecular weight excluding hydrogens is 588 g/mol. The summed E-state index contributed by atoms with van der Waals surface area (Å²) in [5.74, 6) is -0.196. The van der Waals surface area contributed by atoms with Gasteiger partial charge in [0.05, 0.1) is 5.92 Å². The summed E-state index contributed by atoms with van der Waals surface area (Å²) in [6, 6.07) is 15.3. The summed E-state index contributed by atoms with van der Waals surface area (Å²) >= 11 is 0. The van der Waals surface area contributed by atoms with Crippen LogP contribution in [-0.4, -0.2) is 108 Å². The monoisotopic (exact) mass is 642 g/mol. The maximum Gasteiger partial charge on any atom is 0.322 e. The minimum absolute atomic E-state index is 0.0498. The molecule has 0 unspecified atom stereocenters. The molecule has 4 aliphatic heterocycles. The lowest BCUT2D eigenvalue weighted by Gasteiger charge is -2.42. The van der Waals surface area contributed by atoms with Crippen LogP contribution in [0, 0.1) is 5.92 Å². The first-order valence-corrected chi connectivity index (χ1v) is 18.2. The van der Waals surface area contributed by atoms with Crippen molar-refractivity contribution in [3.63, 3.8) is 0 Å². The molecule has 3 saturated heterocycles. The molecule has 1 atom stereocenters. The van der Waals surface area contributed by atoms with Gasteiger partial charge in [0.1, 0.15) is 0 Å². The van der Waals surface area contributed by atoms with Crippen LogP contribution < -0.4 is 10.6 Å². The highest BCUT2D eigenvalue weighted by Crippen LogP contribution is 2.27. The molecule has 9 nitrogen and oxygen atoms in total. The Morgan fingerprint density at radius 1 is 0.809 bits per heavy atom. The average Bonchev–Trinajstić information content (AvgIpc) is 3.29. The summed E-state index contributed by atoms with van der Waals surface area (Å²) in [5, 5.41) is 6.55. The first-order valence-electron chi connectivity index (χ1n) is 18.2. The van der Waals surface area contributed by atoms with E-state index in [1.165, 1.54) is 24.0 Å². The lowest BCUT2D eigenvalue weighted by atomic mass is 9.90. The fourth-order valence-corrected chi connectivity index (χ4v) is 8.25. The molecule has 3 fully saturated rings. The number of amides is 4. The van der Waals surface area contributed by atoms with Crippen molar-refractivity contribution < 1.29 is 14.4 Å². The average molecular weight is 643 g/mol. The van der Waals surface area contributed by atoms with Crippen LogP contribution in [0.1, 0.15) is 68.2 Å². The van der Waals surface area contributed by atoms with Gasteiger partial charge in [-0.2, -0.15) is 0 Å². The van der Waals surface area contributed by atoms with Crippen molar-refractivity contribution >= 4 is 23.5 Å². The highest BCUT2D eigenvalue weighted by Gasteiger charge is 2.35. The number of para-hydroxylation sites is 1. The zero-order valence-electron chi connectivity index (χ0n) is 28.5. The third kappa shape index (κ3) is 8.00. The van der Waals surface area contributed by atoms with E-state index in [2.05, 4.69) is 53.6 Å². The predicted molar refractivity (Wildman–Crippen MR) is 187 cm³/mol. The Hall–Kier alpha value is -3.43. The number of hydrogen-bond acceptors (Lipinski definition) is 5. The molecule has 4 amide bonds. The number of benzene rings is 2. The van der Waals surface area contributed by atoms with Crippen LogP contribution in [0.3, 0.4) is 0 Å². The maximum absolute atomic E-state index is 14.2. The molecule has 0 aliphatic carbocycles. The zero-order chi connectivity index (χ0) is 32.8. The van der Waals surface area contributed by atoms with E-state index >= 15 is 0 Å². The molecule has 0 bridgehead atoms. The number of fused-ring (bicyclic) bond motifs is 1. The van der Waals surface area contributed by atoms with Gasteiger partial charge < -0.3 is 25.3 Å².